The first-order valence-electron chi connectivity index (χ1n) is 7.70. The molecule has 3 rings (SSSR count). The van der Waals surface area contributed by atoms with Gasteiger partial charge in [-0.2, -0.15) is 11.3 Å². The molecule has 3 nitrogen and oxygen atoms in total. The molecule has 1 aromatic carbocycles. The summed E-state index contributed by atoms with van der Waals surface area (Å²) in [5.74, 6) is -0.919. The van der Waals surface area contributed by atoms with E-state index in [4.69, 9.17) is 0 Å². The van der Waals surface area contributed by atoms with Crippen LogP contribution in [0.3, 0.4) is 0 Å². The van der Waals surface area contributed by atoms with Gasteiger partial charge in [-0.1, -0.05) is 29.8 Å². The number of likely N-dealkylation sites (tertiary alicyclic amines) is 1. The van der Waals surface area contributed by atoms with Gasteiger partial charge in [-0.25, -0.2) is 0 Å². The molecule has 2 heterocycles. The quantitative estimate of drug-likeness (QED) is 0.929. The van der Waals surface area contributed by atoms with Crippen LogP contribution < -0.4 is 0 Å². The molecule has 0 saturated carbocycles. The number of carboxylic acids is 1. The molecule has 22 heavy (non-hydrogen) atoms. The molecule has 1 aliphatic heterocycles. The van der Waals surface area contributed by atoms with E-state index in [0.717, 1.165) is 19.4 Å². The van der Waals surface area contributed by atoms with Crippen molar-refractivity contribution in [1.82, 2.24) is 4.90 Å². The summed E-state index contributed by atoms with van der Waals surface area (Å²) in [6, 6.07) is 10.9. The lowest BCUT2D eigenvalue weighted by Crippen LogP contribution is -2.41. The van der Waals surface area contributed by atoms with Gasteiger partial charge >= 0.3 is 5.97 Å². The number of carbonyl (C=O) groups is 1. The standard InChI is InChI=1S/C18H21NO2S/c1-13-4-2-5-14(10-13)17(16-7-9-22-12-16)19-8-3-6-15(11-19)18(20)21/h2,4-5,7,9-10,12,15,17H,3,6,8,11H2,1H3,(H,20,21). The molecule has 1 saturated heterocycles. The van der Waals surface area contributed by atoms with Crippen LogP contribution in [0, 0.1) is 12.8 Å². The van der Waals surface area contributed by atoms with E-state index >= 15 is 0 Å². The van der Waals surface area contributed by atoms with Crippen molar-refractivity contribution in [3.8, 4) is 0 Å². The fraction of sp³-hybridized carbons (Fsp3) is 0.389. The normalized spacial score (nSPS) is 20.7. The molecule has 1 fully saturated rings. The van der Waals surface area contributed by atoms with Crippen molar-refractivity contribution in [2.45, 2.75) is 25.8 Å². The lowest BCUT2D eigenvalue weighted by atomic mass is 9.92. The number of hydrogen-bond acceptors (Lipinski definition) is 3. The summed E-state index contributed by atoms with van der Waals surface area (Å²) in [5.41, 5.74) is 3.76. The third-order valence-electron chi connectivity index (χ3n) is 4.38. The Kier molecular flexibility index (Phi) is 4.60. The molecule has 116 valence electrons. The van der Waals surface area contributed by atoms with E-state index in [2.05, 4.69) is 52.9 Å². The van der Waals surface area contributed by atoms with Crippen molar-refractivity contribution in [3.63, 3.8) is 0 Å². The first kappa shape index (κ1) is 15.3. The van der Waals surface area contributed by atoms with Gasteiger partial charge in [0, 0.05) is 6.54 Å². The molecule has 0 aliphatic carbocycles. The number of nitrogens with zero attached hydrogens (tertiary/aromatic N) is 1. The highest BCUT2D eigenvalue weighted by Gasteiger charge is 2.31. The first-order chi connectivity index (χ1) is 10.6. The van der Waals surface area contributed by atoms with Crippen LogP contribution in [0.4, 0.5) is 0 Å². The van der Waals surface area contributed by atoms with Gasteiger partial charge in [0.25, 0.3) is 0 Å². The number of piperidine rings is 1. The predicted molar refractivity (Wildman–Crippen MR) is 89.3 cm³/mol. The third kappa shape index (κ3) is 3.23. The van der Waals surface area contributed by atoms with Crippen LogP contribution in [0.5, 0.6) is 0 Å². The lowest BCUT2D eigenvalue weighted by Gasteiger charge is -2.37. The maximum atomic E-state index is 11.4. The molecule has 0 bridgehead atoms. The maximum Gasteiger partial charge on any atom is 0.307 e. The summed E-state index contributed by atoms with van der Waals surface area (Å²) in [6.45, 7) is 3.69. The molecule has 0 spiro atoms. The first-order valence-corrected chi connectivity index (χ1v) is 8.65. The highest BCUT2D eigenvalue weighted by Crippen LogP contribution is 2.34. The lowest BCUT2D eigenvalue weighted by molar-refractivity contribution is -0.143. The van der Waals surface area contributed by atoms with Gasteiger partial charge < -0.3 is 5.11 Å². The van der Waals surface area contributed by atoms with E-state index in [-0.39, 0.29) is 12.0 Å². The summed E-state index contributed by atoms with van der Waals surface area (Å²) in [4.78, 5) is 13.7. The molecule has 2 atom stereocenters. The van der Waals surface area contributed by atoms with Crippen LogP contribution in [0.1, 0.15) is 35.6 Å². The molecule has 4 heteroatoms. The fourth-order valence-corrected chi connectivity index (χ4v) is 4.01. The van der Waals surface area contributed by atoms with E-state index in [1.807, 2.05) is 0 Å². The summed E-state index contributed by atoms with van der Waals surface area (Å²) in [6.07, 6.45) is 1.74. The van der Waals surface area contributed by atoms with Crippen LogP contribution in [0.25, 0.3) is 0 Å². The topological polar surface area (TPSA) is 40.5 Å². The molecule has 0 amide bonds. The molecular formula is C18H21NO2S. The Morgan fingerprint density at radius 2 is 2.23 bits per heavy atom. The largest absolute Gasteiger partial charge is 0.481 e. The van der Waals surface area contributed by atoms with E-state index in [1.165, 1.54) is 16.7 Å². The minimum absolute atomic E-state index is 0.160. The van der Waals surface area contributed by atoms with Gasteiger partial charge in [0.2, 0.25) is 0 Å². The van der Waals surface area contributed by atoms with Gasteiger partial charge in [0.1, 0.15) is 0 Å². The van der Waals surface area contributed by atoms with E-state index in [1.54, 1.807) is 11.3 Å². The van der Waals surface area contributed by atoms with Crippen LogP contribution >= 0.6 is 11.3 Å². The number of rotatable bonds is 4. The predicted octanol–water partition coefficient (Wildman–Crippen LogP) is 3.94. The zero-order valence-electron chi connectivity index (χ0n) is 12.7. The molecule has 1 aromatic heterocycles. The third-order valence-corrected chi connectivity index (χ3v) is 5.09. The highest BCUT2D eigenvalue weighted by atomic mass is 32.1. The second-order valence-corrected chi connectivity index (χ2v) is 6.83. The number of hydrogen-bond donors (Lipinski definition) is 1. The SMILES string of the molecule is Cc1cccc(C(c2ccsc2)N2CCCC(C(=O)O)C2)c1. The van der Waals surface area contributed by atoms with Crippen LogP contribution in [0.15, 0.2) is 41.1 Å². The molecule has 2 unspecified atom stereocenters. The number of aryl methyl sites for hydroxylation is 1. The van der Waals surface area contributed by atoms with Gasteiger partial charge in [-0.05, 0) is 54.3 Å². The Morgan fingerprint density at radius 3 is 2.91 bits per heavy atom. The van der Waals surface area contributed by atoms with Crippen molar-refractivity contribution < 1.29 is 9.90 Å². The molecular weight excluding hydrogens is 294 g/mol. The van der Waals surface area contributed by atoms with Gasteiger partial charge in [-0.15, -0.1) is 0 Å². The minimum Gasteiger partial charge on any atom is -0.481 e. The van der Waals surface area contributed by atoms with Crippen LogP contribution in [0.2, 0.25) is 0 Å². The summed E-state index contributed by atoms with van der Waals surface area (Å²) < 4.78 is 0. The van der Waals surface area contributed by atoms with Crippen LogP contribution in [-0.2, 0) is 4.79 Å². The Bertz CT molecular complexity index is 638. The van der Waals surface area contributed by atoms with E-state index in [9.17, 15) is 9.90 Å². The Labute approximate surface area is 135 Å². The Morgan fingerprint density at radius 1 is 1.36 bits per heavy atom. The Balaban J connectivity index is 1.94. The average Bonchev–Trinajstić information content (AvgIpc) is 3.02. The monoisotopic (exact) mass is 315 g/mol. The van der Waals surface area contributed by atoms with Crippen molar-refractivity contribution >= 4 is 17.3 Å². The number of aliphatic carboxylic acids is 1. The van der Waals surface area contributed by atoms with Crippen molar-refractivity contribution in [1.29, 1.82) is 0 Å². The minimum atomic E-state index is -0.669. The van der Waals surface area contributed by atoms with Gasteiger partial charge in [-0.3, -0.25) is 9.69 Å². The van der Waals surface area contributed by atoms with Gasteiger partial charge in [0.05, 0.1) is 12.0 Å². The second-order valence-electron chi connectivity index (χ2n) is 6.05. The van der Waals surface area contributed by atoms with Crippen molar-refractivity contribution in [2.75, 3.05) is 13.1 Å². The zero-order valence-corrected chi connectivity index (χ0v) is 13.6. The molecule has 1 N–H and O–H groups in total. The second kappa shape index (κ2) is 6.63. The van der Waals surface area contributed by atoms with Crippen LogP contribution in [-0.4, -0.2) is 29.1 Å². The van der Waals surface area contributed by atoms with Gasteiger partial charge in [0.15, 0.2) is 0 Å². The molecule has 1 aliphatic rings. The summed E-state index contributed by atoms with van der Waals surface area (Å²) >= 11 is 1.69. The summed E-state index contributed by atoms with van der Waals surface area (Å²) in [5, 5.41) is 13.6. The Hall–Kier alpha value is -1.65. The van der Waals surface area contributed by atoms with Crippen molar-refractivity contribution in [2.24, 2.45) is 5.92 Å². The number of benzene rings is 1. The average molecular weight is 315 g/mol. The highest BCUT2D eigenvalue weighted by molar-refractivity contribution is 7.08. The smallest absolute Gasteiger partial charge is 0.307 e. The number of thiophene rings is 1. The molecule has 2 aromatic rings. The zero-order chi connectivity index (χ0) is 15.5. The van der Waals surface area contributed by atoms with E-state index in [0.29, 0.717) is 6.54 Å². The maximum absolute atomic E-state index is 11.4. The summed E-state index contributed by atoms with van der Waals surface area (Å²) in [7, 11) is 0. The molecule has 0 radical (unpaired) electrons. The number of carboxylic acid groups (broad SMARTS) is 1. The van der Waals surface area contributed by atoms with E-state index < -0.39 is 5.97 Å². The van der Waals surface area contributed by atoms with Crippen molar-refractivity contribution in [3.05, 3.63) is 57.8 Å². The fourth-order valence-electron chi connectivity index (χ4n) is 3.33.